The third-order valence-electron chi connectivity index (χ3n) is 5.28. The summed E-state index contributed by atoms with van der Waals surface area (Å²) in [6, 6.07) is 7.29. The second-order valence-electron chi connectivity index (χ2n) is 6.92. The van der Waals surface area contributed by atoms with E-state index in [4.69, 9.17) is 4.74 Å². The molecule has 1 aromatic carbocycles. The van der Waals surface area contributed by atoms with E-state index in [2.05, 4.69) is 11.9 Å². The third-order valence-corrected chi connectivity index (χ3v) is 5.28. The van der Waals surface area contributed by atoms with Crippen LogP contribution in [0.2, 0.25) is 0 Å². The van der Waals surface area contributed by atoms with E-state index >= 15 is 0 Å². The van der Waals surface area contributed by atoms with Gasteiger partial charge in [-0.05, 0) is 43.4 Å². The van der Waals surface area contributed by atoms with Gasteiger partial charge in [0.15, 0.2) is 6.10 Å². The predicted octanol–water partition coefficient (Wildman–Crippen LogP) is 1.70. The quantitative estimate of drug-likeness (QED) is 0.658. The average Bonchev–Trinajstić information content (AvgIpc) is 2.67. The maximum absolute atomic E-state index is 12.8. The largest absolute Gasteiger partial charge is 0.448 e. The van der Waals surface area contributed by atoms with Gasteiger partial charge >= 0.3 is 5.97 Å². The Hall–Kier alpha value is -2.63. The molecule has 6 heteroatoms. The van der Waals surface area contributed by atoms with Gasteiger partial charge in [-0.3, -0.25) is 9.59 Å². The van der Waals surface area contributed by atoms with Crippen LogP contribution in [0.3, 0.4) is 0 Å². The third kappa shape index (κ3) is 3.79. The Morgan fingerprint density at radius 2 is 2.00 bits per heavy atom. The molecule has 0 aromatic heterocycles. The average molecular weight is 356 g/mol. The summed E-state index contributed by atoms with van der Waals surface area (Å²) in [5.41, 5.74) is 1.40. The monoisotopic (exact) mass is 356 g/mol. The number of benzene rings is 1. The lowest BCUT2D eigenvalue weighted by atomic mass is 9.89. The van der Waals surface area contributed by atoms with Gasteiger partial charge in [0.05, 0.1) is 5.56 Å². The summed E-state index contributed by atoms with van der Waals surface area (Å²) in [5, 5.41) is 2.89. The van der Waals surface area contributed by atoms with E-state index in [0.717, 1.165) is 18.4 Å². The Labute approximate surface area is 153 Å². The van der Waals surface area contributed by atoms with Crippen molar-refractivity contribution in [1.82, 2.24) is 10.2 Å². The molecule has 1 aromatic rings. The molecule has 3 rings (SSSR count). The molecule has 1 N–H and O–H groups in total. The van der Waals surface area contributed by atoms with Crippen molar-refractivity contribution in [2.75, 3.05) is 13.1 Å². The Bertz CT molecular complexity index is 722. The van der Waals surface area contributed by atoms with E-state index in [1.165, 1.54) is 6.08 Å². The molecular weight excluding hydrogens is 332 g/mol. The normalized spacial score (nSPS) is 21.3. The molecule has 1 saturated heterocycles. The molecular formula is C20H24N2O4. The van der Waals surface area contributed by atoms with E-state index in [1.54, 1.807) is 17.0 Å². The summed E-state index contributed by atoms with van der Waals surface area (Å²) in [6.07, 6.45) is 2.56. The lowest BCUT2D eigenvalue weighted by Gasteiger charge is -2.37. The summed E-state index contributed by atoms with van der Waals surface area (Å²) < 4.78 is 5.37. The number of ether oxygens (including phenoxy) is 1. The highest BCUT2D eigenvalue weighted by Gasteiger charge is 2.35. The molecule has 2 aliphatic heterocycles. The summed E-state index contributed by atoms with van der Waals surface area (Å²) in [4.78, 5) is 38.1. The molecule has 0 aliphatic carbocycles. The van der Waals surface area contributed by atoms with Gasteiger partial charge < -0.3 is 15.0 Å². The van der Waals surface area contributed by atoms with Gasteiger partial charge in [-0.25, -0.2) is 4.79 Å². The van der Waals surface area contributed by atoms with E-state index < -0.39 is 12.1 Å². The summed E-state index contributed by atoms with van der Waals surface area (Å²) in [7, 11) is 0. The minimum atomic E-state index is -0.744. The fourth-order valence-corrected chi connectivity index (χ4v) is 3.69. The lowest BCUT2D eigenvalue weighted by molar-refractivity contribution is -0.142. The highest BCUT2D eigenvalue weighted by Crippen LogP contribution is 2.25. The van der Waals surface area contributed by atoms with Crippen LogP contribution >= 0.6 is 0 Å². The van der Waals surface area contributed by atoms with Crippen LogP contribution in [-0.4, -0.2) is 47.9 Å². The standard InChI is InChI=1S/C20H24N2O4/c1-3-18(23)21-13(2)14-8-10-22(11-9-14)19(24)17-12-15-6-4-5-7-16(15)20(25)26-17/h3-7,13-14,17H,1,8-12H2,2H3,(H,21,23). The van der Waals surface area contributed by atoms with Gasteiger partial charge in [-0.1, -0.05) is 24.8 Å². The van der Waals surface area contributed by atoms with Gasteiger partial charge in [0, 0.05) is 25.6 Å². The lowest BCUT2D eigenvalue weighted by Crippen LogP contribution is -2.49. The second-order valence-corrected chi connectivity index (χ2v) is 6.92. The van der Waals surface area contributed by atoms with E-state index in [0.29, 0.717) is 31.0 Å². The number of carbonyl (C=O) groups excluding carboxylic acids is 3. The number of nitrogens with one attached hydrogen (secondary N) is 1. The SMILES string of the molecule is C=CC(=O)NC(C)C1CCN(C(=O)C2Cc3ccccc3C(=O)O2)CC1. The number of fused-ring (bicyclic) bond motifs is 1. The van der Waals surface area contributed by atoms with Crippen molar-refractivity contribution >= 4 is 17.8 Å². The van der Waals surface area contributed by atoms with Gasteiger partial charge in [0.25, 0.3) is 5.91 Å². The van der Waals surface area contributed by atoms with Crippen molar-refractivity contribution in [3.8, 4) is 0 Å². The molecule has 26 heavy (non-hydrogen) atoms. The Morgan fingerprint density at radius 1 is 1.31 bits per heavy atom. The molecule has 2 heterocycles. The van der Waals surface area contributed by atoms with Crippen molar-refractivity contribution in [2.45, 2.75) is 38.3 Å². The van der Waals surface area contributed by atoms with Crippen molar-refractivity contribution in [3.63, 3.8) is 0 Å². The summed E-state index contributed by atoms with van der Waals surface area (Å²) in [6.45, 7) is 6.65. The Balaban J connectivity index is 1.57. The first kappa shape index (κ1) is 18.2. The molecule has 6 nitrogen and oxygen atoms in total. The highest BCUT2D eigenvalue weighted by molar-refractivity contribution is 5.95. The molecule has 0 bridgehead atoms. The first-order valence-electron chi connectivity index (χ1n) is 9.00. The number of piperidine rings is 1. The van der Waals surface area contributed by atoms with Crippen molar-refractivity contribution < 1.29 is 19.1 Å². The van der Waals surface area contributed by atoms with E-state index in [9.17, 15) is 14.4 Å². The molecule has 2 atom stereocenters. The van der Waals surface area contributed by atoms with Crippen LogP contribution in [-0.2, 0) is 20.7 Å². The number of hydrogen-bond donors (Lipinski definition) is 1. The number of esters is 1. The first-order chi connectivity index (χ1) is 12.5. The van der Waals surface area contributed by atoms with Crippen LogP contribution in [0.5, 0.6) is 0 Å². The highest BCUT2D eigenvalue weighted by atomic mass is 16.5. The van der Waals surface area contributed by atoms with Crippen molar-refractivity contribution in [2.24, 2.45) is 5.92 Å². The zero-order chi connectivity index (χ0) is 18.7. The first-order valence-corrected chi connectivity index (χ1v) is 9.00. The minimum Gasteiger partial charge on any atom is -0.448 e. The van der Waals surface area contributed by atoms with Crippen LogP contribution in [0.25, 0.3) is 0 Å². The fraction of sp³-hybridized carbons (Fsp3) is 0.450. The topological polar surface area (TPSA) is 75.7 Å². The molecule has 0 saturated carbocycles. The van der Waals surface area contributed by atoms with Crippen molar-refractivity contribution in [1.29, 1.82) is 0 Å². The maximum Gasteiger partial charge on any atom is 0.339 e. The van der Waals surface area contributed by atoms with Gasteiger partial charge in [0.2, 0.25) is 5.91 Å². The maximum atomic E-state index is 12.8. The number of rotatable bonds is 4. The number of carbonyl (C=O) groups is 3. The predicted molar refractivity (Wildman–Crippen MR) is 96.5 cm³/mol. The number of amides is 2. The van der Waals surface area contributed by atoms with E-state index in [1.807, 2.05) is 19.1 Å². The smallest absolute Gasteiger partial charge is 0.339 e. The molecule has 138 valence electrons. The van der Waals surface area contributed by atoms with Gasteiger partial charge in [-0.15, -0.1) is 0 Å². The summed E-state index contributed by atoms with van der Waals surface area (Å²) >= 11 is 0. The van der Waals surface area contributed by atoms with Crippen LogP contribution < -0.4 is 5.32 Å². The molecule has 0 spiro atoms. The van der Waals surface area contributed by atoms with Crippen LogP contribution in [0.15, 0.2) is 36.9 Å². The molecule has 0 radical (unpaired) electrons. The fourth-order valence-electron chi connectivity index (χ4n) is 3.69. The number of cyclic esters (lactones) is 1. The number of hydrogen-bond acceptors (Lipinski definition) is 4. The molecule has 1 fully saturated rings. The van der Waals surface area contributed by atoms with Crippen molar-refractivity contribution in [3.05, 3.63) is 48.0 Å². The van der Waals surface area contributed by atoms with E-state index in [-0.39, 0.29) is 17.9 Å². The zero-order valence-electron chi connectivity index (χ0n) is 14.9. The molecule has 2 amide bonds. The Kier molecular flexibility index (Phi) is 5.40. The van der Waals surface area contributed by atoms with Crippen LogP contribution in [0, 0.1) is 5.92 Å². The summed E-state index contributed by atoms with van der Waals surface area (Å²) in [5.74, 6) is -0.420. The van der Waals surface area contributed by atoms with Crippen LogP contribution in [0.1, 0.15) is 35.7 Å². The Morgan fingerprint density at radius 3 is 2.69 bits per heavy atom. The number of likely N-dealkylation sites (tertiary alicyclic amines) is 1. The minimum absolute atomic E-state index is 0.0390. The van der Waals surface area contributed by atoms with Gasteiger partial charge in [-0.2, -0.15) is 0 Å². The van der Waals surface area contributed by atoms with Crippen LogP contribution in [0.4, 0.5) is 0 Å². The zero-order valence-corrected chi connectivity index (χ0v) is 14.9. The second kappa shape index (κ2) is 7.72. The molecule has 2 unspecified atom stereocenters. The molecule has 2 aliphatic rings. The number of nitrogens with zero attached hydrogens (tertiary/aromatic N) is 1. The van der Waals surface area contributed by atoms with Gasteiger partial charge in [0.1, 0.15) is 0 Å².